The fraction of sp³-hybridized carbons (Fsp3) is 0.588. The van der Waals surface area contributed by atoms with Crippen molar-refractivity contribution >= 4 is 29.9 Å². The first-order valence-corrected chi connectivity index (χ1v) is 7.71. The predicted molar refractivity (Wildman–Crippen MR) is 101 cm³/mol. The lowest BCUT2D eigenvalue weighted by atomic mass is 10.0. The Morgan fingerprint density at radius 3 is 2.71 bits per heavy atom. The number of rotatable bonds is 5. The van der Waals surface area contributed by atoms with Crippen LogP contribution < -0.4 is 10.6 Å². The average Bonchev–Trinajstić information content (AvgIpc) is 3.16. The zero-order chi connectivity index (χ0) is 14.5. The summed E-state index contributed by atoms with van der Waals surface area (Å²) in [5.41, 5.74) is 2.65. The van der Waals surface area contributed by atoms with Gasteiger partial charge in [0.2, 0.25) is 0 Å². The Morgan fingerprint density at radius 1 is 1.38 bits per heavy atom. The lowest BCUT2D eigenvalue weighted by molar-refractivity contribution is 0.638. The first-order valence-electron chi connectivity index (χ1n) is 7.71. The third-order valence-electron chi connectivity index (χ3n) is 4.14. The Hall–Kier alpha value is -0.780. The summed E-state index contributed by atoms with van der Waals surface area (Å²) in [7, 11) is 1.84. The van der Waals surface area contributed by atoms with Crippen LogP contribution in [0.25, 0.3) is 0 Å². The topological polar surface area (TPSA) is 36.4 Å². The van der Waals surface area contributed by atoms with E-state index in [-0.39, 0.29) is 30.0 Å². The van der Waals surface area contributed by atoms with Crippen molar-refractivity contribution in [3.63, 3.8) is 0 Å². The highest BCUT2D eigenvalue weighted by Gasteiger charge is 2.36. The second-order valence-electron chi connectivity index (χ2n) is 5.83. The predicted octanol–water partition coefficient (Wildman–Crippen LogP) is 4.03. The molecule has 0 saturated heterocycles. The molecule has 0 aliphatic heterocycles. The Morgan fingerprint density at radius 2 is 2.10 bits per heavy atom. The molecule has 1 aliphatic carbocycles. The number of guanidine groups is 1. The highest BCUT2D eigenvalue weighted by atomic mass is 127. The van der Waals surface area contributed by atoms with Crippen LogP contribution in [0, 0.1) is 12.8 Å². The van der Waals surface area contributed by atoms with Gasteiger partial charge in [0.05, 0.1) is 6.04 Å². The molecule has 3 nitrogen and oxygen atoms in total. The van der Waals surface area contributed by atoms with Crippen LogP contribution in [0.1, 0.15) is 50.3 Å². The molecule has 2 N–H and O–H groups in total. The first kappa shape index (κ1) is 18.3. The van der Waals surface area contributed by atoms with Crippen LogP contribution in [-0.2, 0) is 0 Å². The quantitative estimate of drug-likeness (QED) is 0.444. The summed E-state index contributed by atoms with van der Waals surface area (Å²) in [6, 6.07) is 9.39. The molecule has 0 radical (unpaired) electrons. The van der Waals surface area contributed by atoms with Crippen LogP contribution in [0.2, 0.25) is 0 Å². The van der Waals surface area contributed by atoms with Gasteiger partial charge in [-0.3, -0.25) is 4.99 Å². The number of nitrogens with one attached hydrogen (secondary N) is 2. The van der Waals surface area contributed by atoms with Crippen molar-refractivity contribution in [3.05, 3.63) is 35.4 Å². The van der Waals surface area contributed by atoms with Crippen LogP contribution in [0.15, 0.2) is 29.3 Å². The van der Waals surface area contributed by atoms with Gasteiger partial charge in [-0.25, -0.2) is 0 Å². The Bertz CT molecular complexity index is 473. The van der Waals surface area contributed by atoms with Gasteiger partial charge in [0, 0.05) is 13.1 Å². The van der Waals surface area contributed by atoms with Crippen molar-refractivity contribution in [2.24, 2.45) is 10.9 Å². The lowest BCUT2D eigenvalue weighted by Crippen LogP contribution is -2.40. The molecule has 1 aromatic carbocycles. The van der Waals surface area contributed by atoms with E-state index >= 15 is 0 Å². The molecule has 0 bridgehead atoms. The highest BCUT2D eigenvalue weighted by Crippen LogP contribution is 2.34. The highest BCUT2D eigenvalue weighted by molar-refractivity contribution is 14.0. The Kier molecular flexibility index (Phi) is 7.49. The van der Waals surface area contributed by atoms with Gasteiger partial charge >= 0.3 is 0 Å². The van der Waals surface area contributed by atoms with E-state index in [0.29, 0.717) is 6.04 Å². The molecule has 1 saturated carbocycles. The van der Waals surface area contributed by atoms with Gasteiger partial charge in [0.1, 0.15) is 0 Å². The summed E-state index contributed by atoms with van der Waals surface area (Å²) >= 11 is 0. The molecule has 1 fully saturated rings. The van der Waals surface area contributed by atoms with Crippen molar-refractivity contribution in [2.75, 3.05) is 7.05 Å². The fourth-order valence-electron chi connectivity index (χ4n) is 2.82. The van der Waals surface area contributed by atoms with Crippen molar-refractivity contribution in [2.45, 2.75) is 52.1 Å². The van der Waals surface area contributed by atoms with Crippen LogP contribution in [0.5, 0.6) is 0 Å². The Balaban J connectivity index is 0.00000220. The number of aliphatic imine (C=N–C) groups is 1. The third-order valence-corrected chi connectivity index (χ3v) is 4.14. The van der Waals surface area contributed by atoms with E-state index in [0.717, 1.165) is 11.9 Å². The summed E-state index contributed by atoms with van der Waals surface area (Å²) in [6.07, 6.45) is 3.88. The summed E-state index contributed by atoms with van der Waals surface area (Å²) in [4.78, 5) is 4.35. The normalized spacial score (nSPS) is 22.2. The van der Waals surface area contributed by atoms with Gasteiger partial charge in [0.25, 0.3) is 0 Å². The standard InChI is InChI=1S/C17H27N3.HI/c1-5-8-14-11-16(14)20-17(18-4)19-13(3)15-10-7-6-9-12(15)2;/h6-7,9-10,13-14,16H,5,8,11H2,1-4H3,(H2,18,19,20);1H. The van der Waals surface area contributed by atoms with E-state index < -0.39 is 0 Å². The Labute approximate surface area is 146 Å². The van der Waals surface area contributed by atoms with Crippen LogP contribution >= 0.6 is 24.0 Å². The minimum atomic E-state index is 0. The zero-order valence-electron chi connectivity index (χ0n) is 13.5. The molecule has 4 heteroatoms. The van der Waals surface area contributed by atoms with Gasteiger partial charge < -0.3 is 10.6 Å². The number of benzene rings is 1. The van der Waals surface area contributed by atoms with Gasteiger partial charge in [-0.05, 0) is 43.7 Å². The van der Waals surface area contributed by atoms with E-state index in [2.05, 4.69) is 60.7 Å². The molecular weight excluding hydrogens is 373 g/mol. The van der Waals surface area contributed by atoms with Crippen molar-refractivity contribution in [1.82, 2.24) is 10.6 Å². The molecule has 0 aromatic heterocycles. The molecule has 0 amide bonds. The van der Waals surface area contributed by atoms with E-state index in [4.69, 9.17) is 0 Å². The minimum Gasteiger partial charge on any atom is -0.353 e. The maximum Gasteiger partial charge on any atom is 0.191 e. The molecule has 3 atom stereocenters. The molecular formula is C17H28IN3. The van der Waals surface area contributed by atoms with Crippen molar-refractivity contribution < 1.29 is 0 Å². The van der Waals surface area contributed by atoms with E-state index in [9.17, 15) is 0 Å². The van der Waals surface area contributed by atoms with Crippen molar-refractivity contribution in [1.29, 1.82) is 0 Å². The number of hydrogen-bond acceptors (Lipinski definition) is 1. The number of hydrogen-bond donors (Lipinski definition) is 2. The summed E-state index contributed by atoms with van der Waals surface area (Å²) < 4.78 is 0. The van der Waals surface area contributed by atoms with Crippen molar-refractivity contribution in [3.8, 4) is 0 Å². The SMILES string of the molecule is CCCC1CC1NC(=NC)NC(C)c1ccccc1C.I. The molecule has 3 unspecified atom stereocenters. The molecule has 118 valence electrons. The van der Waals surface area contributed by atoms with Crippen LogP contribution in [0.4, 0.5) is 0 Å². The number of nitrogens with zero attached hydrogens (tertiary/aromatic N) is 1. The molecule has 1 aromatic rings. The first-order chi connectivity index (χ1) is 9.65. The molecule has 2 rings (SSSR count). The third kappa shape index (κ3) is 5.16. The second-order valence-corrected chi connectivity index (χ2v) is 5.83. The van der Waals surface area contributed by atoms with E-state index in [1.807, 2.05) is 7.05 Å². The van der Waals surface area contributed by atoms with E-state index in [1.54, 1.807) is 0 Å². The summed E-state index contributed by atoms with van der Waals surface area (Å²) in [6.45, 7) is 6.59. The average molecular weight is 401 g/mol. The summed E-state index contributed by atoms with van der Waals surface area (Å²) in [5.74, 6) is 1.76. The molecule has 0 heterocycles. The van der Waals surface area contributed by atoms with E-state index in [1.165, 1.54) is 30.4 Å². The number of halogens is 1. The van der Waals surface area contributed by atoms with Crippen LogP contribution in [0.3, 0.4) is 0 Å². The monoisotopic (exact) mass is 401 g/mol. The summed E-state index contributed by atoms with van der Waals surface area (Å²) in [5, 5.41) is 7.03. The second kappa shape index (κ2) is 8.61. The fourth-order valence-corrected chi connectivity index (χ4v) is 2.82. The maximum atomic E-state index is 4.35. The van der Waals surface area contributed by atoms with Crippen LogP contribution in [-0.4, -0.2) is 19.0 Å². The molecule has 1 aliphatic rings. The van der Waals surface area contributed by atoms with Gasteiger partial charge in [-0.15, -0.1) is 24.0 Å². The maximum absolute atomic E-state index is 4.35. The molecule has 21 heavy (non-hydrogen) atoms. The zero-order valence-corrected chi connectivity index (χ0v) is 15.8. The minimum absolute atomic E-state index is 0. The van der Waals surface area contributed by atoms with Gasteiger partial charge in [-0.2, -0.15) is 0 Å². The number of aryl methyl sites for hydroxylation is 1. The lowest BCUT2D eigenvalue weighted by Gasteiger charge is -2.20. The molecule has 0 spiro atoms. The van der Waals surface area contributed by atoms with Gasteiger partial charge in [-0.1, -0.05) is 37.6 Å². The largest absolute Gasteiger partial charge is 0.353 e. The smallest absolute Gasteiger partial charge is 0.191 e. The van der Waals surface area contributed by atoms with Gasteiger partial charge in [0.15, 0.2) is 5.96 Å².